The van der Waals surface area contributed by atoms with Crippen molar-refractivity contribution >= 4 is 23.4 Å². The number of benzene rings is 1. The highest BCUT2D eigenvalue weighted by Crippen LogP contribution is 2.39. The Hall–Kier alpha value is -3.42. The number of methoxy groups -OCH3 is 1. The van der Waals surface area contributed by atoms with Crippen LogP contribution >= 0.6 is 0 Å². The highest BCUT2D eigenvalue weighted by atomic mass is 16.5. The predicted octanol–water partition coefficient (Wildman–Crippen LogP) is 3.02. The standard InChI is InChI=1S/C26H30N4O4/c1-14-9-21(25(27)32)22(34-2)12-20(14)26(33)29-17-10-18-6-7-19(11-17)30(18)23-8-5-16(13-28-23)24(31)15-3-4-15/h5,8-9,12-13,15,17-19H,3-4,6-7,10-11H2,1-2H3,(H2,27,32)(H,29,33)/t17-,18+,19-. The molecule has 0 spiro atoms. The Morgan fingerprint density at radius 1 is 1.06 bits per heavy atom. The van der Waals surface area contributed by atoms with E-state index in [1.54, 1.807) is 25.3 Å². The monoisotopic (exact) mass is 462 g/mol. The zero-order valence-corrected chi connectivity index (χ0v) is 19.5. The lowest BCUT2D eigenvalue weighted by molar-refractivity contribution is 0.0922. The van der Waals surface area contributed by atoms with Gasteiger partial charge in [0.2, 0.25) is 0 Å². The molecule has 8 heteroatoms. The van der Waals surface area contributed by atoms with Crippen LogP contribution in [0.4, 0.5) is 5.82 Å². The molecule has 3 atom stereocenters. The van der Waals surface area contributed by atoms with Gasteiger partial charge in [-0.15, -0.1) is 0 Å². The molecule has 3 heterocycles. The molecule has 1 aliphatic carbocycles. The number of nitrogens with two attached hydrogens (primary N) is 1. The van der Waals surface area contributed by atoms with Crippen LogP contribution in [0.1, 0.15) is 75.2 Å². The number of carbonyl (C=O) groups is 3. The molecule has 1 aromatic heterocycles. The van der Waals surface area contributed by atoms with E-state index in [0.717, 1.165) is 44.3 Å². The van der Waals surface area contributed by atoms with Crippen LogP contribution < -0.4 is 20.7 Å². The largest absolute Gasteiger partial charge is 0.496 e. The van der Waals surface area contributed by atoms with Gasteiger partial charge in [0.05, 0.1) is 12.7 Å². The zero-order chi connectivity index (χ0) is 24.0. The molecule has 178 valence electrons. The van der Waals surface area contributed by atoms with E-state index in [0.29, 0.717) is 34.5 Å². The Kier molecular flexibility index (Phi) is 5.75. The summed E-state index contributed by atoms with van der Waals surface area (Å²) in [5, 5.41) is 3.19. The maximum Gasteiger partial charge on any atom is 0.252 e. The zero-order valence-electron chi connectivity index (χ0n) is 19.5. The van der Waals surface area contributed by atoms with Gasteiger partial charge in [0.1, 0.15) is 11.6 Å². The van der Waals surface area contributed by atoms with Crippen molar-refractivity contribution in [3.63, 3.8) is 0 Å². The Morgan fingerprint density at radius 2 is 1.76 bits per heavy atom. The number of carbonyl (C=O) groups excluding carboxylic acids is 3. The number of hydrogen-bond acceptors (Lipinski definition) is 6. The van der Waals surface area contributed by atoms with Gasteiger partial charge < -0.3 is 20.7 Å². The van der Waals surface area contributed by atoms with Crippen molar-refractivity contribution in [1.29, 1.82) is 0 Å². The molecule has 0 radical (unpaired) electrons. The molecule has 3 N–H and O–H groups in total. The fraction of sp³-hybridized carbons (Fsp3) is 0.462. The minimum atomic E-state index is -0.589. The van der Waals surface area contributed by atoms with Gasteiger partial charge in [0, 0.05) is 41.4 Å². The molecule has 2 bridgehead atoms. The number of fused-ring (bicyclic) bond motifs is 2. The van der Waals surface area contributed by atoms with Crippen molar-refractivity contribution in [1.82, 2.24) is 10.3 Å². The van der Waals surface area contributed by atoms with E-state index < -0.39 is 5.91 Å². The summed E-state index contributed by atoms with van der Waals surface area (Å²) in [5.74, 6) is 0.846. The molecule has 2 saturated heterocycles. The third-order valence-electron chi connectivity index (χ3n) is 7.37. The van der Waals surface area contributed by atoms with Gasteiger partial charge in [0.15, 0.2) is 5.78 Å². The first-order chi connectivity index (χ1) is 16.4. The van der Waals surface area contributed by atoms with Crippen molar-refractivity contribution in [2.45, 2.75) is 63.6 Å². The third kappa shape index (κ3) is 4.13. The van der Waals surface area contributed by atoms with Gasteiger partial charge in [-0.05, 0) is 75.3 Å². The van der Waals surface area contributed by atoms with E-state index in [4.69, 9.17) is 10.5 Å². The Labute approximate surface area is 198 Å². The van der Waals surface area contributed by atoms with Crippen LogP contribution in [0.25, 0.3) is 0 Å². The Morgan fingerprint density at radius 3 is 2.32 bits per heavy atom. The van der Waals surface area contributed by atoms with E-state index in [9.17, 15) is 14.4 Å². The molecular weight excluding hydrogens is 432 g/mol. The smallest absolute Gasteiger partial charge is 0.252 e. The van der Waals surface area contributed by atoms with Gasteiger partial charge in [-0.1, -0.05) is 0 Å². The Balaban J connectivity index is 1.27. The number of nitrogens with one attached hydrogen (secondary N) is 1. The van der Waals surface area contributed by atoms with Crippen LogP contribution in [-0.4, -0.2) is 47.8 Å². The number of nitrogens with zero attached hydrogens (tertiary/aromatic N) is 2. The summed E-state index contributed by atoms with van der Waals surface area (Å²) in [5.41, 5.74) is 7.55. The summed E-state index contributed by atoms with van der Waals surface area (Å²) in [7, 11) is 1.45. The number of ketones is 1. The van der Waals surface area contributed by atoms with Crippen molar-refractivity contribution in [2.24, 2.45) is 11.7 Å². The summed E-state index contributed by atoms with van der Waals surface area (Å²) in [6, 6.07) is 7.72. The summed E-state index contributed by atoms with van der Waals surface area (Å²) >= 11 is 0. The van der Waals surface area contributed by atoms with Gasteiger partial charge in [0.25, 0.3) is 11.8 Å². The van der Waals surface area contributed by atoms with Crippen LogP contribution in [0.3, 0.4) is 0 Å². The highest BCUT2D eigenvalue weighted by Gasteiger charge is 2.42. The normalized spacial score (nSPS) is 23.5. The fourth-order valence-corrected chi connectivity index (χ4v) is 5.49. The lowest BCUT2D eigenvalue weighted by Crippen LogP contribution is -2.50. The number of hydrogen-bond donors (Lipinski definition) is 2. The van der Waals surface area contributed by atoms with E-state index in [1.807, 2.05) is 12.1 Å². The van der Waals surface area contributed by atoms with Crippen molar-refractivity contribution < 1.29 is 19.1 Å². The average Bonchev–Trinajstić information content (AvgIpc) is 3.63. The van der Waals surface area contributed by atoms with Gasteiger partial charge in [-0.3, -0.25) is 14.4 Å². The van der Waals surface area contributed by atoms with Gasteiger partial charge >= 0.3 is 0 Å². The number of aromatic nitrogens is 1. The molecular formula is C26H30N4O4. The molecule has 3 aliphatic rings. The number of amides is 2. The van der Waals surface area contributed by atoms with Crippen LogP contribution in [-0.2, 0) is 0 Å². The first kappa shape index (κ1) is 22.4. The first-order valence-electron chi connectivity index (χ1n) is 11.9. The number of anilines is 1. The summed E-state index contributed by atoms with van der Waals surface area (Å²) in [6.07, 6.45) is 7.49. The summed E-state index contributed by atoms with van der Waals surface area (Å²) < 4.78 is 5.27. The molecule has 2 aromatic rings. The van der Waals surface area contributed by atoms with Gasteiger partial charge in [-0.2, -0.15) is 0 Å². The van der Waals surface area contributed by atoms with Crippen LogP contribution in [0.15, 0.2) is 30.5 Å². The fourth-order valence-electron chi connectivity index (χ4n) is 5.49. The average molecular weight is 463 g/mol. The second-order valence-electron chi connectivity index (χ2n) is 9.71. The molecule has 8 nitrogen and oxygen atoms in total. The minimum Gasteiger partial charge on any atom is -0.496 e. The topological polar surface area (TPSA) is 115 Å². The number of primary amides is 1. The number of ether oxygens (including phenoxy) is 1. The maximum atomic E-state index is 13.1. The SMILES string of the molecule is COc1cc(C(=O)N[C@H]2C[C@H]3CC[C@@H](C2)N3c2ccc(C(=O)C3CC3)cn2)c(C)cc1C(N)=O. The molecule has 2 amide bonds. The van der Waals surface area contributed by atoms with Crippen molar-refractivity contribution in [3.8, 4) is 5.75 Å². The minimum absolute atomic E-state index is 0.0539. The van der Waals surface area contributed by atoms with E-state index >= 15 is 0 Å². The third-order valence-corrected chi connectivity index (χ3v) is 7.37. The van der Waals surface area contributed by atoms with Gasteiger partial charge in [-0.25, -0.2) is 4.98 Å². The summed E-state index contributed by atoms with van der Waals surface area (Å²) in [6.45, 7) is 1.79. The number of aryl methyl sites for hydroxylation is 1. The lowest BCUT2D eigenvalue weighted by atomic mass is 9.96. The quantitative estimate of drug-likeness (QED) is 0.612. The van der Waals surface area contributed by atoms with E-state index in [-0.39, 0.29) is 29.2 Å². The molecule has 5 rings (SSSR count). The predicted molar refractivity (Wildman–Crippen MR) is 127 cm³/mol. The second-order valence-corrected chi connectivity index (χ2v) is 9.71. The molecule has 34 heavy (non-hydrogen) atoms. The summed E-state index contributed by atoms with van der Waals surface area (Å²) in [4.78, 5) is 44.0. The number of pyridine rings is 1. The van der Waals surface area contributed by atoms with Crippen molar-refractivity contribution in [2.75, 3.05) is 12.0 Å². The van der Waals surface area contributed by atoms with Crippen LogP contribution in [0.5, 0.6) is 5.75 Å². The molecule has 3 fully saturated rings. The number of piperidine rings is 1. The first-order valence-corrected chi connectivity index (χ1v) is 11.9. The molecule has 0 unspecified atom stereocenters. The van der Waals surface area contributed by atoms with Crippen molar-refractivity contribution in [3.05, 3.63) is 52.7 Å². The Bertz CT molecular complexity index is 1130. The molecule has 2 aliphatic heterocycles. The van der Waals surface area contributed by atoms with Crippen LogP contribution in [0, 0.1) is 12.8 Å². The number of Topliss-reactive ketones (excluding diaryl/α,β-unsaturated/α-hetero) is 1. The van der Waals surface area contributed by atoms with E-state index in [2.05, 4.69) is 15.2 Å². The molecule has 1 saturated carbocycles. The second kappa shape index (κ2) is 8.74. The lowest BCUT2D eigenvalue weighted by Gasteiger charge is -2.40. The molecule has 1 aromatic carbocycles. The highest BCUT2D eigenvalue weighted by molar-refractivity contribution is 6.01. The number of rotatable bonds is 7. The van der Waals surface area contributed by atoms with Crippen LogP contribution in [0.2, 0.25) is 0 Å². The maximum absolute atomic E-state index is 13.1. The van der Waals surface area contributed by atoms with E-state index in [1.165, 1.54) is 7.11 Å².